The molecule has 228 valence electrons. The zero-order valence-corrected chi connectivity index (χ0v) is 26.8. The monoisotopic (exact) mass is 631 g/mol. The third-order valence-corrected chi connectivity index (χ3v) is 10.3. The number of fused-ring (bicyclic) bond motifs is 8. The fourth-order valence-corrected chi connectivity index (χ4v) is 8.07. The molecule has 10 rings (SSSR count). The SMILES string of the molecule is [C-]#[N+]c1cccc(-c2cc3c4ccccc4c(-c4cccc(C#N)c4)cc3c3cc4c(cc23)-c2cccc3c(-c5ccccn5)ccc-4c23)c1. The first kappa shape index (κ1) is 28.0. The van der Waals surface area contributed by atoms with Gasteiger partial charge in [0.05, 0.1) is 23.9 Å². The van der Waals surface area contributed by atoms with E-state index >= 15 is 0 Å². The molecule has 0 N–H and O–H groups in total. The van der Waals surface area contributed by atoms with Crippen LogP contribution in [0.25, 0.3) is 104 Å². The van der Waals surface area contributed by atoms with E-state index in [9.17, 15) is 5.26 Å². The smallest absolute Gasteiger partial charge is 0.187 e. The highest BCUT2D eigenvalue weighted by Crippen LogP contribution is 2.52. The van der Waals surface area contributed by atoms with Crippen LogP contribution in [0.3, 0.4) is 0 Å². The second-order valence-corrected chi connectivity index (χ2v) is 12.9. The summed E-state index contributed by atoms with van der Waals surface area (Å²) >= 11 is 0. The van der Waals surface area contributed by atoms with Gasteiger partial charge in [0.2, 0.25) is 0 Å². The molecule has 1 heterocycles. The van der Waals surface area contributed by atoms with Gasteiger partial charge < -0.3 is 0 Å². The number of hydrogen-bond acceptors (Lipinski definition) is 2. The van der Waals surface area contributed by atoms with E-state index < -0.39 is 0 Å². The average Bonchev–Trinajstić information content (AvgIpc) is 3.50. The summed E-state index contributed by atoms with van der Waals surface area (Å²) in [5, 5.41) is 19.1. The topological polar surface area (TPSA) is 41.0 Å². The molecule has 0 spiro atoms. The fourth-order valence-electron chi connectivity index (χ4n) is 8.07. The van der Waals surface area contributed by atoms with Crippen LogP contribution in [0.1, 0.15) is 5.56 Å². The lowest BCUT2D eigenvalue weighted by molar-refractivity contribution is 1.33. The van der Waals surface area contributed by atoms with Crippen LogP contribution in [0.2, 0.25) is 0 Å². The van der Waals surface area contributed by atoms with Crippen LogP contribution in [0.15, 0.2) is 152 Å². The maximum Gasteiger partial charge on any atom is 0.187 e. The van der Waals surface area contributed by atoms with Crippen LogP contribution in [-0.4, -0.2) is 4.98 Å². The zero-order chi connectivity index (χ0) is 33.3. The Balaban J connectivity index is 1.34. The Morgan fingerprint density at radius 1 is 0.460 bits per heavy atom. The summed E-state index contributed by atoms with van der Waals surface area (Å²) in [7, 11) is 0. The van der Waals surface area contributed by atoms with Crippen LogP contribution in [0, 0.1) is 17.9 Å². The van der Waals surface area contributed by atoms with Crippen molar-refractivity contribution in [1.29, 1.82) is 5.26 Å². The molecule has 0 bridgehead atoms. The lowest BCUT2D eigenvalue weighted by Gasteiger charge is -2.18. The van der Waals surface area contributed by atoms with Gasteiger partial charge in [-0.3, -0.25) is 4.98 Å². The molecule has 0 radical (unpaired) electrons. The maximum atomic E-state index is 9.75. The first-order chi connectivity index (χ1) is 24.7. The molecule has 8 aromatic carbocycles. The van der Waals surface area contributed by atoms with Crippen molar-refractivity contribution in [2.24, 2.45) is 0 Å². The van der Waals surface area contributed by atoms with Crippen molar-refractivity contribution in [2.75, 3.05) is 0 Å². The Morgan fingerprint density at radius 3 is 1.88 bits per heavy atom. The molecule has 0 saturated heterocycles. The molecule has 9 aromatic rings. The summed E-state index contributed by atoms with van der Waals surface area (Å²) in [5.74, 6) is 0. The van der Waals surface area contributed by atoms with Gasteiger partial charge in [-0.1, -0.05) is 91.0 Å². The third kappa shape index (κ3) is 4.05. The summed E-state index contributed by atoms with van der Waals surface area (Å²) in [6.45, 7) is 7.76. The van der Waals surface area contributed by atoms with Gasteiger partial charge >= 0.3 is 0 Å². The Labute approximate surface area is 288 Å². The predicted molar refractivity (Wildman–Crippen MR) is 206 cm³/mol. The zero-order valence-electron chi connectivity index (χ0n) is 26.8. The van der Waals surface area contributed by atoms with Gasteiger partial charge in [-0.25, -0.2) is 4.85 Å². The number of pyridine rings is 1. The Bertz CT molecular complexity index is 3000. The van der Waals surface area contributed by atoms with Crippen LogP contribution >= 0.6 is 0 Å². The molecule has 1 aliphatic carbocycles. The van der Waals surface area contributed by atoms with Crippen LogP contribution in [0.5, 0.6) is 0 Å². The first-order valence-electron chi connectivity index (χ1n) is 16.6. The van der Waals surface area contributed by atoms with Crippen molar-refractivity contribution >= 4 is 48.8 Å². The third-order valence-electron chi connectivity index (χ3n) is 10.3. The average molecular weight is 632 g/mol. The molecule has 0 amide bonds. The highest BCUT2D eigenvalue weighted by molar-refractivity contribution is 6.27. The highest BCUT2D eigenvalue weighted by Gasteiger charge is 2.25. The van der Waals surface area contributed by atoms with Crippen molar-refractivity contribution < 1.29 is 0 Å². The van der Waals surface area contributed by atoms with E-state index in [2.05, 4.69) is 108 Å². The van der Waals surface area contributed by atoms with Gasteiger partial charge in [-0.05, 0) is 142 Å². The van der Waals surface area contributed by atoms with Gasteiger partial charge in [0.25, 0.3) is 0 Å². The number of aromatic nitrogens is 1. The highest BCUT2D eigenvalue weighted by atomic mass is 14.7. The molecular weight excluding hydrogens is 607 g/mol. The first-order valence-corrected chi connectivity index (χ1v) is 16.6. The summed E-state index contributed by atoms with van der Waals surface area (Å²) < 4.78 is 0. The molecule has 3 heteroatoms. The normalized spacial score (nSPS) is 11.6. The minimum atomic E-state index is 0.619. The van der Waals surface area contributed by atoms with Gasteiger partial charge in [0.15, 0.2) is 5.69 Å². The van der Waals surface area contributed by atoms with E-state index in [1.807, 2.05) is 54.7 Å². The minimum absolute atomic E-state index is 0.619. The molecule has 0 fully saturated rings. The quantitative estimate of drug-likeness (QED) is 0.144. The molecule has 3 nitrogen and oxygen atoms in total. The van der Waals surface area contributed by atoms with Crippen molar-refractivity contribution in [3.05, 3.63) is 169 Å². The second kappa shape index (κ2) is 10.7. The number of benzene rings is 8. The van der Waals surface area contributed by atoms with Crippen molar-refractivity contribution in [3.8, 4) is 61.8 Å². The maximum absolute atomic E-state index is 9.75. The van der Waals surface area contributed by atoms with Crippen molar-refractivity contribution in [2.45, 2.75) is 0 Å². The number of nitrogens with zero attached hydrogens (tertiary/aromatic N) is 3. The Hall–Kier alpha value is -7.07. The number of hydrogen-bond donors (Lipinski definition) is 0. The van der Waals surface area contributed by atoms with Crippen LogP contribution < -0.4 is 0 Å². The Morgan fingerprint density at radius 2 is 1.08 bits per heavy atom. The summed E-state index contributed by atoms with van der Waals surface area (Å²) in [6, 6.07) is 53.2. The number of nitriles is 1. The molecule has 0 saturated carbocycles. The van der Waals surface area contributed by atoms with Gasteiger partial charge in [0.1, 0.15) is 0 Å². The fraction of sp³-hybridized carbons (Fsp3) is 0. The summed E-state index contributed by atoms with van der Waals surface area (Å²) in [6.07, 6.45) is 1.85. The van der Waals surface area contributed by atoms with Crippen molar-refractivity contribution in [3.63, 3.8) is 0 Å². The molecule has 0 unspecified atom stereocenters. The second-order valence-electron chi connectivity index (χ2n) is 12.9. The van der Waals surface area contributed by atoms with Crippen LogP contribution in [-0.2, 0) is 0 Å². The van der Waals surface area contributed by atoms with E-state index in [1.54, 1.807) is 0 Å². The predicted octanol–water partition coefficient (Wildman–Crippen LogP) is 12.8. The van der Waals surface area contributed by atoms with E-state index in [1.165, 1.54) is 33.0 Å². The molecular formula is C47H25N3. The van der Waals surface area contributed by atoms with Gasteiger partial charge in [-0.2, -0.15) is 5.26 Å². The number of rotatable bonds is 3. The molecule has 50 heavy (non-hydrogen) atoms. The minimum Gasteiger partial charge on any atom is -0.256 e. The van der Waals surface area contributed by atoms with E-state index in [-0.39, 0.29) is 0 Å². The molecule has 1 aromatic heterocycles. The largest absolute Gasteiger partial charge is 0.256 e. The molecule has 0 atom stereocenters. The lowest BCUT2D eigenvalue weighted by atomic mass is 9.86. The van der Waals surface area contributed by atoms with Gasteiger partial charge in [-0.15, -0.1) is 0 Å². The van der Waals surface area contributed by atoms with Crippen LogP contribution in [0.4, 0.5) is 5.69 Å². The molecule has 0 aliphatic heterocycles. The van der Waals surface area contributed by atoms with Gasteiger partial charge in [0, 0.05) is 11.8 Å². The summed E-state index contributed by atoms with van der Waals surface area (Å²) in [5.41, 5.74) is 12.5. The molecule has 1 aliphatic rings. The standard InChI is InChI=1S/C47H25N3/c1-49-31-12-7-11-30(22-31)39-24-40-33-14-3-2-13-32(33)38(29-10-6-9-28(21-29)27-48)23-44(40)45-26-42-37-19-18-34(46-17-4-5-20-50-46)35-15-8-16-36(47(35)37)41(42)25-43(39)45/h2-26H. The summed E-state index contributed by atoms with van der Waals surface area (Å²) in [4.78, 5) is 8.47. The van der Waals surface area contributed by atoms with E-state index in [4.69, 9.17) is 11.6 Å². The van der Waals surface area contributed by atoms with Crippen molar-refractivity contribution in [1.82, 2.24) is 4.98 Å². The Kier molecular flexibility index (Phi) is 6.00. The van der Waals surface area contributed by atoms with E-state index in [0.717, 1.165) is 65.8 Å². The van der Waals surface area contributed by atoms with E-state index in [0.29, 0.717) is 11.3 Å². The lowest BCUT2D eigenvalue weighted by Crippen LogP contribution is -1.91.